The third-order valence-electron chi connectivity index (χ3n) is 9.54. The quantitative estimate of drug-likeness (QED) is 0.330. The van der Waals surface area contributed by atoms with Gasteiger partial charge in [0.25, 0.3) is 5.91 Å². The average Bonchev–Trinajstić information content (AvgIpc) is 3.25. The van der Waals surface area contributed by atoms with E-state index < -0.39 is 39.1 Å². The second-order valence-corrected chi connectivity index (χ2v) is 10.7. The predicted molar refractivity (Wildman–Crippen MR) is 103 cm³/mol. The van der Waals surface area contributed by atoms with Crippen molar-refractivity contribution in [3.05, 3.63) is 12.2 Å². The molecule has 0 aromatic heterocycles. The standard InChI is InChI=1S/C22H30N2O4/c1-12-18(2,3)13-7-8-21(12,11-13)16(27)23-24-17(28)22-10-9-20(6,19(22,4)5)14(25)15(22)26/h13H,1,7-11H2,2-6H3,(H,23,27)(H,24,28). The number of ketones is 2. The van der Waals surface area contributed by atoms with E-state index in [-0.39, 0.29) is 11.3 Å². The van der Waals surface area contributed by atoms with Gasteiger partial charge in [0, 0.05) is 5.41 Å². The fourth-order valence-electron chi connectivity index (χ4n) is 6.75. The van der Waals surface area contributed by atoms with Crippen molar-refractivity contribution in [1.82, 2.24) is 10.9 Å². The maximum atomic E-state index is 13.1. The normalized spacial score (nSPS) is 42.2. The zero-order valence-electron chi connectivity index (χ0n) is 17.5. The minimum absolute atomic E-state index is 0.0959. The monoisotopic (exact) mass is 386 g/mol. The second-order valence-electron chi connectivity index (χ2n) is 10.7. The minimum atomic E-state index is -1.41. The van der Waals surface area contributed by atoms with Crippen molar-refractivity contribution in [2.45, 2.75) is 66.7 Å². The first kappa shape index (κ1) is 19.3. The molecule has 0 aromatic carbocycles. The van der Waals surface area contributed by atoms with E-state index in [0.717, 1.165) is 24.8 Å². The minimum Gasteiger partial charge on any atom is -0.290 e. The van der Waals surface area contributed by atoms with E-state index >= 15 is 0 Å². The summed E-state index contributed by atoms with van der Waals surface area (Å²) in [4.78, 5) is 51.6. The molecule has 4 saturated carbocycles. The van der Waals surface area contributed by atoms with Crippen LogP contribution in [0.2, 0.25) is 0 Å². The molecule has 2 amide bonds. The fourth-order valence-corrected chi connectivity index (χ4v) is 6.75. The molecule has 0 aromatic rings. The van der Waals surface area contributed by atoms with Crippen LogP contribution in [0.4, 0.5) is 0 Å². The van der Waals surface area contributed by atoms with E-state index in [2.05, 4.69) is 31.3 Å². The molecule has 4 fully saturated rings. The van der Waals surface area contributed by atoms with Gasteiger partial charge in [-0.2, -0.15) is 0 Å². The molecular weight excluding hydrogens is 356 g/mol. The Morgan fingerprint density at radius 3 is 2.04 bits per heavy atom. The molecule has 4 unspecified atom stereocenters. The number of hydrazine groups is 1. The molecule has 28 heavy (non-hydrogen) atoms. The summed E-state index contributed by atoms with van der Waals surface area (Å²) in [6.07, 6.45) is 3.27. The summed E-state index contributed by atoms with van der Waals surface area (Å²) in [6, 6.07) is 0. The number of nitrogens with one attached hydrogen (secondary N) is 2. The van der Waals surface area contributed by atoms with Gasteiger partial charge in [-0.1, -0.05) is 46.8 Å². The first-order chi connectivity index (χ1) is 12.8. The van der Waals surface area contributed by atoms with Crippen LogP contribution in [0.1, 0.15) is 66.7 Å². The van der Waals surface area contributed by atoms with E-state index in [1.54, 1.807) is 6.92 Å². The molecule has 0 spiro atoms. The van der Waals surface area contributed by atoms with Crippen LogP contribution in [0.5, 0.6) is 0 Å². The third kappa shape index (κ3) is 1.76. The van der Waals surface area contributed by atoms with Crippen LogP contribution in [0.15, 0.2) is 12.2 Å². The van der Waals surface area contributed by atoms with Crippen LogP contribution in [0.3, 0.4) is 0 Å². The number of carbonyl (C=O) groups excluding carboxylic acids is 4. The van der Waals surface area contributed by atoms with Crippen LogP contribution < -0.4 is 10.9 Å². The Labute approximate surface area is 165 Å². The van der Waals surface area contributed by atoms with Gasteiger partial charge in [-0.15, -0.1) is 0 Å². The lowest BCUT2D eigenvalue weighted by atomic mass is 9.64. The second kappa shape index (κ2) is 5.14. The smallest absolute Gasteiger partial charge is 0.253 e. The molecule has 2 N–H and O–H groups in total. The fraction of sp³-hybridized carbons (Fsp3) is 0.727. The molecule has 0 aliphatic heterocycles. The summed E-state index contributed by atoms with van der Waals surface area (Å²) in [7, 11) is 0. The Morgan fingerprint density at radius 2 is 1.54 bits per heavy atom. The summed E-state index contributed by atoms with van der Waals surface area (Å²) in [6.45, 7) is 13.8. The number of rotatable bonds is 2. The molecular formula is C22H30N2O4. The van der Waals surface area contributed by atoms with Crippen molar-refractivity contribution in [2.24, 2.45) is 33.0 Å². The van der Waals surface area contributed by atoms with E-state index in [0.29, 0.717) is 18.8 Å². The van der Waals surface area contributed by atoms with Gasteiger partial charge in [-0.3, -0.25) is 30.0 Å². The summed E-state index contributed by atoms with van der Waals surface area (Å²) in [5.41, 5.74) is 2.24. The van der Waals surface area contributed by atoms with Crippen molar-refractivity contribution < 1.29 is 19.2 Å². The maximum absolute atomic E-state index is 13.1. The van der Waals surface area contributed by atoms with Crippen LogP contribution in [-0.2, 0) is 19.2 Å². The SMILES string of the molecule is C=C1C2(C(=O)NNC(=O)C34CCC(C)(C(=O)C3=O)C4(C)C)CCC(C2)C1(C)C. The zero-order valence-corrected chi connectivity index (χ0v) is 17.5. The number of hydrogen-bond donors (Lipinski definition) is 2. The number of amides is 2. The van der Waals surface area contributed by atoms with E-state index in [4.69, 9.17) is 0 Å². The Balaban J connectivity index is 1.55. The van der Waals surface area contributed by atoms with Crippen molar-refractivity contribution in [3.63, 3.8) is 0 Å². The maximum Gasteiger partial charge on any atom is 0.253 e. The molecule has 4 bridgehead atoms. The van der Waals surface area contributed by atoms with Crippen LogP contribution in [-0.4, -0.2) is 23.4 Å². The molecule has 152 valence electrons. The van der Waals surface area contributed by atoms with Gasteiger partial charge in [0.15, 0.2) is 0 Å². The molecule has 4 aliphatic rings. The van der Waals surface area contributed by atoms with Crippen LogP contribution in [0.25, 0.3) is 0 Å². The highest BCUT2D eigenvalue weighted by atomic mass is 16.2. The Morgan fingerprint density at radius 1 is 0.929 bits per heavy atom. The van der Waals surface area contributed by atoms with Crippen LogP contribution in [0, 0.1) is 33.0 Å². The van der Waals surface area contributed by atoms with E-state index in [1.807, 2.05) is 13.8 Å². The number of fused-ring (bicyclic) bond motifs is 4. The molecule has 6 heteroatoms. The molecule has 0 heterocycles. The number of hydrogen-bond acceptors (Lipinski definition) is 4. The van der Waals surface area contributed by atoms with Gasteiger partial charge >= 0.3 is 0 Å². The largest absolute Gasteiger partial charge is 0.290 e. The highest BCUT2D eigenvalue weighted by Gasteiger charge is 2.78. The number of carbonyl (C=O) groups is 4. The van der Waals surface area contributed by atoms with Gasteiger partial charge in [-0.25, -0.2) is 0 Å². The Bertz CT molecular complexity index is 857. The van der Waals surface area contributed by atoms with Crippen molar-refractivity contribution in [3.8, 4) is 0 Å². The predicted octanol–water partition coefficient (Wildman–Crippen LogP) is 2.48. The molecule has 0 radical (unpaired) electrons. The molecule has 4 aliphatic carbocycles. The lowest BCUT2D eigenvalue weighted by Crippen LogP contribution is -2.57. The number of Topliss-reactive ketones (excluding diaryl/α,β-unsaturated/α-hetero) is 2. The first-order valence-corrected chi connectivity index (χ1v) is 10.2. The molecule has 6 nitrogen and oxygen atoms in total. The third-order valence-corrected chi connectivity index (χ3v) is 9.54. The van der Waals surface area contributed by atoms with Crippen molar-refractivity contribution in [2.75, 3.05) is 0 Å². The topological polar surface area (TPSA) is 92.3 Å². The van der Waals surface area contributed by atoms with Gasteiger partial charge in [0.2, 0.25) is 17.5 Å². The highest BCUT2D eigenvalue weighted by Crippen LogP contribution is 2.69. The molecule has 4 rings (SSSR count). The lowest BCUT2D eigenvalue weighted by molar-refractivity contribution is -0.151. The van der Waals surface area contributed by atoms with E-state index in [9.17, 15) is 19.2 Å². The van der Waals surface area contributed by atoms with Gasteiger partial charge in [-0.05, 0) is 48.9 Å². The average molecular weight is 386 g/mol. The summed E-state index contributed by atoms with van der Waals surface area (Å²) >= 11 is 0. The Kier molecular flexibility index (Phi) is 3.55. The van der Waals surface area contributed by atoms with Gasteiger partial charge < -0.3 is 0 Å². The first-order valence-electron chi connectivity index (χ1n) is 10.2. The molecule has 0 saturated heterocycles. The zero-order chi connectivity index (χ0) is 20.9. The summed E-state index contributed by atoms with van der Waals surface area (Å²) in [5.74, 6) is -1.50. The highest BCUT2D eigenvalue weighted by molar-refractivity contribution is 6.48. The molecule has 4 atom stereocenters. The summed E-state index contributed by atoms with van der Waals surface area (Å²) < 4.78 is 0. The Hall–Kier alpha value is -1.98. The van der Waals surface area contributed by atoms with E-state index in [1.165, 1.54) is 0 Å². The van der Waals surface area contributed by atoms with Gasteiger partial charge in [0.1, 0.15) is 5.41 Å². The van der Waals surface area contributed by atoms with Crippen LogP contribution >= 0.6 is 0 Å². The van der Waals surface area contributed by atoms with Gasteiger partial charge in [0.05, 0.1) is 5.41 Å². The lowest BCUT2D eigenvalue weighted by Gasteiger charge is -2.38. The van der Waals surface area contributed by atoms with Crippen molar-refractivity contribution >= 4 is 23.4 Å². The van der Waals surface area contributed by atoms with Crippen molar-refractivity contribution in [1.29, 1.82) is 0 Å². The summed E-state index contributed by atoms with van der Waals surface area (Å²) in [5, 5.41) is 0.